The van der Waals surface area contributed by atoms with Crippen LogP contribution in [-0.2, 0) is 18.8 Å². The van der Waals surface area contributed by atoms with E-state index in [-0.39, 0.29) is 29.8 Å². The lowest BCUT2D eigenvalue weighted by Crippen LogP contribution is -2.37. The van der Waals surface area contributed by atoms with E-state index in [0.717, 1.165) is 34.9 Å². The highest BCUT2D eigenvalue weighted by atomic mass is 127. The van der Waals surface area contributed by atoms with E-state index in [4.69, 9.17) is 0 Å². The zero-order chi connectivity index (χ0) is 19.6. The molecule has 154 valence electrons. The Kier molecular flexibility index (Phi) is 11.2. The van der Waals surface area contributed by atoms with Crippen LogP contribution in [0, 0.1) is 5.82 Å². The highest BCUT2D eigenvalue weighted by molar-refractivity contribution is 14.0. The van der Waals surface area contributed by atoms with Gasteiger partial charge in [0.2, 0.25) is 0 Å². The summed E-state index contributed by atoms with van der Waals surface area (Å²) in [6.07, 6.45) is 2.01. The minimum Gasteiger partial charge on any atom is -0.363 e. The number of guanidine groups is 1. The number of hydrogen-bond acceptors (Lipinski definition) is 4. The summed E-state index contributed by atoms with van der Waals surface area (Å²) >= 11 is 1.67. The Morgan fingerprint density at radius 2 is 1.96 bits per heavy atom. The molecule has 0 bridgehead atoms. The number of benzene rings is 1. The first kappa shape index (κ1) is 24.5. The van der Waals surface area contributed by atoms with Crippen molar-refractivity contribution >= 4 is 47.5 Å². The maximum atomic E-state index is 13.5. The van der Waals surface area contributed by atoms with Crippen LogP contribution in [0.25, 0.3) is 0 Å². The van der Waals surface area contributed by atoms with Crippen LogP contribution in [0.2, 0.25) is 0 Å². The number of aliphatic imine (C=N–C) groups is 1. The number of nitrogens with zero attached hydrogens (tertiary/aromatic N) is 3. The van der Waals surface area contributed by atoms with Crippen LogP contribution in [0.4, 0.5) is 10.2 Å². The first-order valence-electron chi connectivity index (χ1n) is 8.95. The summed E-state index contributed by atoms with van der Waals surface area (Å²) in [6.45, 7) is 3.86. The third-order valence-electron chi connectivity index (χ3n) is 3.91. The molecule has 0 aliphatic carbocycles. The van der Waals surface area contributed by atoms with Gasteiger partial charge in [0, 0.05) is 26.4 Å². The number of rotatable bonds is 8. The molecule has 8 heteroatoms. The highest BCUT2D eigenvalue weighted by Gasteiger charge is 2.06. The van der Waals surface area contributed by atoms with Crippen LogP contribution in [0.5, 0.6) is 0 Å². The predicted molar refractivity (Wildman–Crippen MR) is 129 cm³/mol. The van der Waals surface area contributed by atoms with Gasteiger partial charge in [-0.25, -0.2) is 14.4 Å². The summed E-state index contributed by atoms with van der Waals surface area (Å²) in [6, 6.07) is 10.9. The van der Waals surface area contributed by atoms with Crippen molar-refractivity contribution in [1.29, 1.82) is 0 Å². The number of anilines is 1. The molecular weight excluding hydrogens is 488 g/mol. The van der Waals surface area contributed by atoms with Gasteiger partial charge in [-0.2, -0.15) is 11.8 Å². The largest absolute Gasteiger partial charge is 0.363 e. The van der Waals surface area contributed by atoms with Gasteiger partial charge < -0.3 is 15.5 Å². The van der Waals surface area contributed by atoms with Crippen LogP contribution in [0.15, 0.2) is 41.4 Å². The molecule has 0 saturated heterocycles. The summed E-state index contributed by atoms with van der Waals surface area (Å²) in [5.41, 5.74) is 2.97. The second-order valence-corrected chi connectivity index (χ2v) is 7.14. The van der Waals surface area contributed by atoms with Crippen LogP contribution >= 0.6 is 35.7 Å². The molecule has 0 aliphatic heterocycles. The monoisotopic (exact) mass is 517 g/mol. The molecule has 0 atom stereocenters. The standard InChI is InChI=1S/C20H28FN5S.HI/c1-5-22-20(24-13-18-7-6-8-19(25-18)26(2)3)23-12-15-9-10-17(21)11-16(15)14-27-4;/h6-11H,5,12-14H2,1-4H3,(H2,22,23,24);1H. The van der Waals surface area contributed by atoms with E-state index < -0.39 is 0 Å². The highest BCUT2D eigenvalue weighted by Crippen LogP contribution is 2.17. The molecule has 1 heterocycles. The van der Waals surface area contributed by atoms with Crippen molar-refractivity contribution in [1.82, 2.24) is 15.6 Å². The maximum absolute atomic E-state index is 13.5. The number of aromatic nitrogens is 1. The van der Waals surface area contributed by atoms with Crippen molar-refractivity contribution in [2.75, 3.05) is 31.8 Å². The minimum absolute atomic E-state index is 0. The number of thioether (sulfide) groups is 1. The summed E-state index contributed by atoms with van der Waals surface area (Å²) in [5.74, 6) is 2.20. The summed E-state index contributed by atoms with van der Waals surface area (Å²) in [7, 11) is 3.94. The van der Waals surface area contributed by atoms with Crippen LogP contribution < -0.4 is 15.5 Å². The van der Waals surface area contributed by atoms with Gasteiger partial charge in [-0.05, 0) is 48.6 Å². The Morgan fingerprint density at radius 3 is 2.64 bits per heavy atom. The normalized spacial score (nSPS) is 11.0. The van der Waals surface area contributed by atoms with E-state index in [9.17, 15) is 4.39 Å². The number of nitrogens with one attached hydrogen (secondary N) is 2. The molecule has 0 spiro atoms. The Hall–Kier alpha value is -1.55. The summed E-state index contributed by atoms with van der Waals surface area (Å²) in [4.78, 5) is 11.2. The van der Waals surface area contributed by atoms with E-state index in [2.05, 4.69) is 20.6 Å². The van der Waals surface area contributed by atoms with Gasteiger partial charge in [0.05, 0.1) is 18.8 Å². The molecule has 0 amide bonds. The molecule has 28 heavy (non-hydrogen) atoms. The van der Waals surface area contributed by atoms with E-state index in [0.29, 0.717) is 19.0 Å². The van der Waals surface area contributed by atoms with E-state index in [1.807, 2.05) is 56.4 Å². The molecule has 0 radical (unpaired) electrons. The van der Waals surface area contributed by atoms with Gasteiger partial charge in [0.1, 0.15) is 11.6 Å². The maximum Gasteiger partial charge on any atom is 0.191 e. The van der Waals surface area contributed by atoms with Crippen molar-refractivity contribution in [3.8, 4) is 0 Å². The second-order valence-electron chi connectivity index (χ2n) is 6.28. The molecule has 1 aromatic carbocycles. The predicted octanol–water partition coefficient (Wildman–Crippen LogP) is 4.02. The van der Waals surface area contributed by atoms with Crippen LogP contribution in [0.1, 0.15) is 23.7 Å². The molecule has 0 fully saturated rings. The van der Waals surface area contributed by atoms with Crippen molar-refractivity contribution in [2.45, 2.75) is 25.8 Å². The Balaban J connectivity index is 0.00000392. The van der Waals surface area contributed by atoms with Crippen molar-refractivity contribution in [2.24, 2.45) is 4.99 Å². The average Bonchev–Trinajstić information content (AvgIpc) is 2.65. The fraction of sp³-hybridized carbons (Fsp3) is 0.400. The summed E-state index contributed by atoms with van der Waals surface area (Å²) < 4.78 is 13.5. The lowest BCUT2D eigenvalue weighted by Gasteiger charge is -2.14. The van der Waals surface area contributed by atoms with E-state index in [1.165, 1.54) is 6.07 Å². The molecule has 5 nitrogen and oxygen atoms in total. The molecule has 2 aromatic rings. The van der Waals surface area contributed by atoms with Gasteiger partial charge >= 0.3 is 0 Å². The van der Waals surface area contributed by atoms with Gasteiger partial charge in [0.25, 0.3) is 0 Å². The third-order valence-corrected chi connectivity index (χ3v) is 4.51. The Labute approximate surface area is 188 Å². The number of pyridine rings is 1. The molecule has 2 rings (SSSR count). The molecule has 0 unspecified atom stereocenters. The van der Waals surface area contributed by atoms with E-state index in [1.54, 1.807) is 17.8 Å². The van der Waals surface area contributed by atoms with Gasteiger partial charge in [-0.1, -0.05) is 12.1 Å². The summed E-state index contributed by atoms with van der Waals surface area (Å²) in [5, 5.41) is 6.56. The lowest BCUT2D eigenvalue weighted by atomic mass is 10.1. The van der Waals surface area contributed by atoms with E-state index >= 15 is 0 Å². The lowest BCUT2D eigenvalue weighted by molar-refractivity contribution is 0.625. The second kappa shape index (κ2) is 12.8. The van der Waals surface area contributed by atoms with Crippen molar-refractivity contribution in [3.63, 3.8) is 0 Å². The van der Waals surface area contributed by atoms with Gasteiger partial charge in [0.15, 0.2) is 5.96 Å². The molecule has 0 saturated carbocycles. The van der Waals surface area contributed by atoms with Crippen molar-refractivity contribution < 1.29 is 4.39 Å². The van der Waals surface area contributed by atoms with Gasteiger partial charge in [-0.15, -0.1) is 24.0 Å². The molecule has 2 N–H and O–H groups in total. The first-order chi connectivity index (χ1) is 13.0. The van der Waals surface area contributed by atoms with Crippen LogP contribution in [-0.4, -0.2) is 37.8 Å². The third kappa shape index (κ3) is 7.83. The fourth-order valence-electron chi connectivity index (χ4n) is 2.53. The Bertz CT molecular complexity index is 770. The molecule has 1 aromatic heterocycles. The zero-order valence-electron chi connectivity index (χ0n) is 16.8. The zero-order valence-corrected chi connectivity index (χ0v) is 20.0. The number of hydrogen-bond donors (Lipinski definition) is 2. The minimum atomic E-state index is -0.205. The Morgan fingerprint density at radius 1 is 1.18 bits per heavy atom. The smallest absolute Gasteiger partial charge is 0.191 e. The molecular formula is C20H29FIN5S. The van der Waals surface area contributed by atoms with Crippen LogP contribution in [0.3, 0.4) is 0 Å². The van der Waals surface area contributed by atoms with Crippen molar-refractivity contribution in [3.05, 3.63) is 59.0 Å². The quantitative estimate of drug-likeness (QED) is 0.315. The number of halogens is 2. The SMILES string of the molecule is CCNC(=NCc1ccc(F)cc1CSC)NCc1cccc(N(C)C)n1.I. The fourth-order valence-corrected chi connectivity index (χ4v) is 3.11. The molecule has 0 aliphatic rings. The first-order valence-corrected chi connectivity index (χ1v) is 10.3. The topological polar surface area (TPSA) is 52.6 Å². The average molecular weight is 517 g/mol. The van der Waals surface area contributed by atoms with Gasteiger partial charge in [-0.3, -0.25) is 0 Å².